The van der Waals surface area contributed by atoms with E-state index in [-0.39, 0.29) is 6.61 Å². The van der Waals surface area contributed by atoms with Gasteiger partial charge in [0.25, 0.3) is 0 Å². The van der Waals surface area contributed by atoms with Crippen molar-refractivity contribution in [2.45, 2.75) is 255 Å². The Balaban J connectivity index is 2.41. The van der Waals surface area contributed by atoms with Crippen molar-refractivity contribution < 1.29 is 44.9 Å². The standard InChI is InChI=1S/C43H85NO9/c1-3-5-7-9-11-13-15-17-19-21-23-25-27-29-31-36(46)35(34-52-43-41(50)40(49)39(48)38(33-45)53-43)44-42(51)37(47)32-30-28-26-24-22-20-18-16-14-12-10-8-6-4-2/h35-41,43,45-50H,3-34H2,1-2H3,(H,44,51). The molecule has 1 amide bonds. The molecule has 0 bridgehead atoms. The first-order valence-corrected chi connectivity index (χ1v) is 22.3. The van der Waals surface area contributed by atoms with E-state index < -0.39 is 61.5 Å². The summed E-state index contributed by atoms with van der Waals surface area (Å²) in [4.78, 5) is 13.0. The summed E-state index contributed by atoms with van der Waals surface area (Å²) in [6.45, 7) is 3.67. The number of aliphatic hydroxyl groups excluding tert-OH is 6. The Kier molecular flexibility index (Phi) is 32.6. The van der Waals surface area contributed by atoms with Crippen LogP contribution in [0.2, 0.25) is 0 Å². The second-order valence-electron chi connectivity index (χ2n) is 16.0. The van der Waals surface area contributed by atoms with Crippen molar-refractivity contribution in [2.75, 3.05) is 13.2 Å². The van der Waals surface area contributed by atoms with Crippen molar-refractivity contribution in [1.82, 2.24) is 5.32 Å². The predicted octanol–water partition coefficient (Wildman–Crippen LogP) is 7.75. The molecular formula is C43H85NO9. The van der Waals surface area contributed by atoms with E-state index in [1.165, 1.54) is 141 Å². The number of amides is 1. The van der Waals surface area contributed by atoms with Crippen LogP contribution in [0.3, 0.4) is 0 Å². The molecule has 0 aromatic carbocycles. The Morgan fingerprint density at radius 2 is 0.943 bits per heavy atom. The third kappa shape index (κ3) is 25.1. The minimum atomic E-state index is -1.59. The molecule has 53 heavy (non-hydrogen) atoms. The molecule has 1 saturated heterocycles. The number of carbonyl (C=O) groups is 1. The molecule has 0 saturated carbocycles. The van der Waals surface area contributed by atoms with E-state index in [0.717, 1.165) is 38.5 Å². The molecule has 7 N–H and O–H groups in total. The van der Waals surface area contributed by atoms with Crippen LogP contribution in [0.15, 0.2) is 0 Å². The van der Waals surface area contributed by atoms with Gasteiger partial charge in [-0.1, -0.05) is 194 Å². The maximum Gasteiger partial charge on any atom is 0.249 e. The Morgan fingerprint density at radius 3 is 1.34 bits per heavy atom. The lowest BCUT2D eigenvalue weighted by Gasteiger charge is -2.40. The molecule has 0 spiro atoms. The largest absolute Gasteiger partial charge is 0.394 e. The lowest BCUT2D eigenvalue weighted by Crippen LogP contribution is -2.60. The average Bonchev–Trinajstić information content (AvgIpc) is 3.16. The monoisotopic (exact) mass is 760 g/mol. The van der Waals surface area contributed by atoms with E-state index >= 15 is 0 Å². The summed E-state index contributed by atoms with van der Waals surface area (Å²) in [7, 11) is 0. The molecule has 0 aromatic heterocycles. The molecule has 1 heterocycles. The van der Waals surface area contributed by atoms with Crippen LogP contribution >= 0.6 is 0 Å². The van der Waals surface area contributed by atoms with Gasteiger partial charge in [0, 0.05) is 0 Å². The van der Waals surface area contributed by atoms with Crippen molar-refractivity contribution in [3.63, 3.8) is 0 Å². The topological polar surface area (TPSA) is 169 Å². The normalized spacial score (nSPS) is 22.2. The van der Waals surface area contributed by atoms with Gasteiger partial charge in [0.1, 0.15) is 30.5 Å². The highest BCUT2D eigenvalue weighted by Crippen LogP contribution is 2.23. The first kappa shape index (κ1) is 50.2. The second kappa shape index (κ2) is 34.4. The number of carbonyl (C=O) groups excluding carboxylic acids is 1. The molecule has 10 heteroatoms. The van der Waals surface area contributed by atoms with Crippen molar-refractivity contribution in [3.05, 3.63) is 0 Å². The number of rotatable bonds is 37. The highest BCUT2D eigenvalue weighted by Gasteiger charge is 2.44. The Labute approximate surface area is 324 Å². The zero-order chi connectivity index (χ0) is 38.9. The molecule has 0 aromatic rings. The zero-order valence-electron chi connectivity index (χ0n) is 34.2. The predicted molar refractivity (Wildman–Crippen MR) is 214 cm³/mol. The summed E-state index contributed by atoms with van der Waals surface area (Å²) in [6.07, 6.45) is 25.7. The average molecular weight is 760 g/mol. The molecule has 10 nitrogen and oxygen atoms in total. The molecule has 316 valence electrons. The van der Waals surface area contributed by atoms with Crippen LogP contribution in [0.5, 0.6) is 0 Å². The molecular weight excluding hydrogens is 674 g/mol. The number of hydrogen-bond donors (Lipinski definition) is 7. The third-order valence-electron chi connectivity index (χ3n) is 11.1. The molecule has 1 rings (SSSR count). The molecule has 8 atom stereocenters. The Bertz CT molecular complexity index is 819. The molecule has 1 fully saturated rings. The fourth-order valence-electron chi connectivity index (χ4n) is 7.34. The quantitative estimate of drug-likeness (QED) is 0.0313. The van der Waals surface area contributed by atoms with Gasteiger partial charge >= 0.3 is 0 Å². The summed E-state index contributed by atoms with van der Waals surface area (Å²) < 4.78 is 11.2. The van der Waals surface area contributed by atoms with E-state index in [2.05, 4.69) is 19.2 Å². The van der Waals surface area contributed by atoms with Gasteiger partial charge < -0.3 is 45.4 Å². The number of aliphatic hydroxyl groups is 6. The number of unbranched alkanes of at least 4 members (excludes halogenated alkanes) is 26. The maximum atomic E-state index is 13.0. The highest BCUT2D eigenvalue weighted by atomic mass is 16.7. The number of ether oxygens (including phenoxy) is 2. The van der Waals surface area contributed by atoms with Crippen LogP contribution in [-0.4, -0.2) is 98.7 Å². The van der Waals surface area contributed by atoms with Gasteiger partial charge in [0.15, 0.2) is 6.29 Å². The van der Waals surface area contributed by atoms with Gasteiger partial charge in [0.2, 0.25) is 5.91 Å². The van der Waals surface area contributed by atoms with Crippen molar-refractivity contribution in [1.29, 1.82) is 0 Å². The van der Waals surface area contributed by atoms with Gasteiger partial charge in [-0.15, -0.1) is 0 Å². The highest BCUT2D eigenvalue weighted by molar-refractivity contribution is 5.80. The molecule has 1 aliphatic rings. The summed E-state index contributed by atoms with van der Waals surface area (Å²) >= 11 is 0. The third-order valence-corrected chi connectivity index (χ3v) is 11.1. The SMILES string of the molecule is CCCCCCCCCCCCCCCCC(O)C(=O)NC(COC1OC(CO)C(O)C(O)C1O)C(O)CCCCCCCCCCCCCCCC. The Hall–Kier alpha value is -0.850. The number of nitrogens with one attached hydrogen (secondary N) is 1. The Morgan fingerprint density at radius 1 is 0.566 bits per heavy atom. The molecule has 8 unspecified atom stereocenters. The van der Waals surface area contributed by atoms with Crippen molar-refractivity contribution >= 4 is 5.91 Å². The van der Waals surface area contributed by atoms with Gasteiger partial charge in [-0.3, -0.25) is 4.79 Å². The summed E-state index contributed by atoms with van der Waals surface area (Å²) in [5, 5.41) is 64.7. The minimum Gasteiger partial charge on any atom is -0.394 e. The first-order chi connectivity index (χ1) is 25.8. The van der Waals surface area contributed by atoms with Crippen molar-refractivity contribution in [2.24, 2.45) is 0 Å². The molecule has 0 radical (unpaired) electrons. The number of hydrogen-bond acceptors (Lipinski definition) is 9. The van der Waals surface area contributed by atoms with Crippen molar-refractivity contribution in [3.8, 4) is 0 Å². The fourth-order valence-corrected chi connectivity index (χ4v) is 7.34. The van der Waals surface area contributed by atoms with Gasteiger partial charge in [-0.05, 0) is 12.8 Å². The van der Waals surface area contributed by atoms with E-state index in [1.54, 1.807) is 0 Å². The maximum absolute atomic E-state index is 13.0. The summed E-state index contributed by atoms with van der Waals surface area (Å²) in [6, 6.07) is -0.886. The van der Waals surface area contributed by atoms with E-state index in [1.807, 2.05) is 0 Å². The van der Waals surface area contributed by atoms with Crippen LogP contribution in [-0.2, 0) is 14.3 Å². The van der Waals surface area contributed by atoms with Crippen LogP contribution in [0.1, 0.15) is 206 Å². The van der Waals surface area contributed by atoms with Gasteiger partial charge in [0.05, 0.1) is 25.4 Å². The van der Waals surface area contributed by atoms with Crippen LogP contribution in [0, 0.1) is 0 Å². The zero-order valence-corrected chi connectivity index (χ0v) is 34.2. The smallest absolute Gasteiger partial charge is 0.249 e. The fraction of sp³-hybridized carbons (Fsp3) is 0.977. The van der Waals surface area contributed by atoms with E-state index in [4.69, 9.17) is 9.47 Å². The summed E-state index contributed by atoms with van der Waals surface area (Å²) in [5.41, 5.74) is 0. The summed E-state index contributed by atoms with van der Waals surface area (Å²) in [5.74, 6) is -0.581. The van der Waals surface area contributed by atoms with Crippen LogP contribution in [0.4, 0.5) is 0 Å². The first-order valence-electron chi connectivity index (χ1n) is 22.3. The van der Waals surface area contributed by atoms with Gasteiger partial charge in [-0.25, -0.2) is 0 Å². The van der Waals surface area contributed by atoms with Crippen LogP contribution < -0.4 is 5.32 Å². The molecule has 1 aliphatic heterocycles. The van der Waals surface area contributed by atoms with Gasteiger partial charge in [-0.2, -0.15) is 0 Å². The van der Waals surface area contributed by atoms with Crippen LogP contribution in [0.25, 0.3) is 0 Å². The minimum absolute atomic E-state index is 0.250. The second-order valence-corrected chi connectivity index (χ2v) is 16.0. The van der Waals surface area contributed by atoms with E-state index in [9.17, 15) is 35.4 Å². The lowest BCUT2D eigenvalue weighted by molar-refractivity contribution is -0.302. The van der Waals surface area contributed by atoms with E-state index in [0.29, 0.717) is 12.8 Å². The lowest BCUT2D eigenvalue weighted by atomic mass is 9.99. The molecule has 0 aliphatic carbocycles.